The van der Waals surface area contributed by atoms with Crippen molar-refractivity contribution >= 4 is 29.4 Å². The molecule has 0 saturated carbocycles. The van der Waals surface area contributed by atoms with Gasteiger partial charge in [0.05, 0.1) is 5.56 Å². The molecule has 0 aliphatic rings. The summed E-state index contributed by atoms with van der Waals surface area (Å²) in [5.74, 6) is -3.65. The molecule has 0 saturated heterocycles. The predicted octanol–water partition coefficient (Wildman–Crippen LogP) is 3.66. The molecule has 2 rings (SSSR count). The van der Waals surface area contributed by atoms with E-state index >= 15 is 0 Å². The lowest BCUT2D eigenvalue weighted by atomic mass is 10.2. The van der Waals surface area contributed by atoms with Gasteiger partial charge in [-0.15, -0.1) is 0 Å². The molecule has 0 aliphatic carbocycles. The molecular formula is C18H19F3N2O4S. The Balaban J connectivity index is 0.000000568. The van der Waals surface area contributed by atoms with Gasteiger partial charge >= 0.3 is 18.1 Å². The number of alkyl halides is 3. The van der Waals surface area contributed by atoms with Gasteiger partial charge in [0.25, 0.3) is 0 Å². The van der Waals surface area contributed by atoms with Crippen LogP contribution >= 0.6 is 11.8 Å². The van der Waals surface area contributed by atoms with Crippen LogP contribution in [0.1, 0.15) is 11.1 Å². The van der Waals surface area contributed by atoms with Crippen LogP contribution in [-0.4, -0.2) is 41.1 Å². The molecule has 0 unspecified atom stereocenters. The van der Waals surface area contributed by atoms with E-state index in [4.69, 9.17) is 25.5 Å². The fourth-order valence-corrected chi connectivity index (χ4v) is 3.12. The number of benzene rings is 2. The fraction of sp³-hybridized carbons (Fsp3) is 0.222. The van der Waals surface area contributed by atoms with Gasteiger partial charge in [-0.3, -0.25) is 0 Å². The van der Waals surface area contributed by atoms with Crippen molar-refractivity contribution in [2.75, 3.05) is 19.8 Å². The standard InChI is InChI=1S/C16H17F3N2S.C2H2O4/c1-21(2)10-11-5-3-4-6-14(11)22-15-8-7-12(20)9-13(15)16(17,18)19;3-1(4)2(5)6/h3-9H,10,20H2,1-2H3;(H,3,4)(H,5,6). The molecular weight excluding hydrogens is 397 g/mol. The van der Waals surface area contributed by atoms with E-state index < -0.39 is 23.7 Å². The predicted molar refractivity (Wildman–Crippen MR) is 99.1 cm³/mol. The summed E-state index contributed by atoms with van der Waals surface area (Å²) in [5, 5.41) is 14.8. The summed E-state index contributed by atoms with van der Waals surface area (Å²) < 4.78 is 39.5. The molecule has 0 heterocycles. The smallest absolute Gasteiger partial charge is 0.417 e. The second-order valence-corrected chi connectivity index (χ2v) is 6.90. The van der Waals surface area contributed by atoms with Crippen molar-refractivity contribution in [3.05, 3.63) is 53.6 Å². The third-order valence-electron chi connectivity index (χ3n) is 3.17. The first-order chi connectivity index (χ1) is 12.9. The maximum absolute atomic E-state index is 13.2. The van der Waals surface area contributed by atoms with Gasteiger partial charge in [-0.25, -0.2) is 9.59 Å². The topological polar surface area (TPSA) is 104 Å². The van der Waals surface area contributed by atoms with E-state index in [-0.39, 0.29) is 10.6 Å². The Morgan fingerprint density at radius 3 is 2.11 bits per heavy atom. The van der Waals surface area contributed by atoms with Crippen LogP contribution < -0.4 is 5.73 Å². The lowest BCUT2D eigenvalue weighted by Gasteiger charge is -2.16. The monoisotopic (exact) mass is 416 g/mol. The van der Waals surface area contributed by atoms with Gasteiger partial charge in [-0.05, 0) is 43.9 Å². The van der Waals surface area contributed by atoms with Crippen molar-refractivity contribution in [1.29, 1.82) is 0 Å². The number of hydrogen-bond donors (Lipinski definition) is 3. The molecule has 0 bridgehead atoms. The van der Waals surface area contributed by atoms with E-state index in [1.807, 2.05) is 43.3 Å². The van der Waals surface area contributed by atoms with Crippen LogP contribution in [0.25, 0.3) is 0 Å². The van der Waals surface area contributed by atoms with Gasteiger partial charge in [0, 0.05) is 22.0 Å². The van der Waals surface area contributed by atoms with Gasteiger partial charge in [0.15, 0.2) is 0 Å². The number of carbonyl (C=O) groups is 2. The molecule has 2 aromatic rings. The Hall–Kier alpha value is -2.72. The molecule has 0 aromatic heterocycles. The summed E-state index contributed by atoms with van der Waals surface area (Å²) >= 11 is 1.12. The number of aliphatic carboxylic acids is 2. The largest absolute Gasteiger partial charge is 0.473 e. The van der Waals surface area contributed by atoms with Crippen LogP contribution in [0.3, 0.4) is 0 Å². The average molecular weight is 416 g/mol. The average Bonchev–Trinajstić information content (AvgIpc) is 2.57. The highest BCUT2D eigenvalue weighted by Crippen LogP contribution is 2.41. The lowest BCUT2D eigenvalue weighted by molar-refractivity contribution is -0.159. The zero-order valence-electron chi connectivity index (χ0n) is 15.0. The molecule has 0 atom stereocenters. The molecule has 2 aromatic carbocycles. The van der Waals surface area contributed by atoms with Gasteiger partial charge < -0.3 is 20.8 Å². The SMILES string of the molecule is CN(C)Cc1ccccc1Sc1ccc(N)cc1C(F)(F)F.O=C(O)C(=O)O. The van der Waals surface area contributed by atoms with E-state index in [9.17, 15) is 13.2 Å². The van der Waals surface area contributed by atoms with Crippen LogP contribution in [0.4, 0.5) is 18.9 Å². The van der Waals surface area contributed by atoms with Crippen molar-refractivity contribution in [2.24, 2.45) is 0 Å². The highest BCUT2D eigenvalue weighted by Gasteiger charge is 2.34. The number of nitrogens with two attached hydrogens (primary N) is 1. The zero-order valence-corrected chi connectivity index (χ0v) is 15.8. The number of nitrogen functional groups attached to an aromatic ring is 1. The van der Waals surface area contributed by atoms with Crippen molar-refractivity contribution in [3.8, 4) is 0 Å². The van der Waals surface area contributed by atoms with Gasteiger partial charge in [-0.1, -0.05) is 30.0 Å². The lowest BCUT2D eigenvalue weighted by Crippen LogP contribution is -2.11. The zero-order chi connectivity index (χ0) is 21.5. The van der Waals surface area contributed by atoms with Crippen molar-refractivity contribution in [1.82, 2.24) is 4.90 Å². The van der Waals surface area contributed by atoms with Gasteiger partial charge in [0.1, 0.15) is 0 Å². The highest BCUT2D eigenvalue weighted by molar-refractivity contribution is 7.99. The molecule has 0 amide bonds. The van der Waals surface area contributed by atoms with Crippen LogP contribution in [0.5, 0.6) is 0 Å². The number of nitrogens with zero attached hydrogens (tertiary/aromatic N) is 1. The van der Waals surface area contributed by atoms with E-state index in [2.05, 4.69) is 0 Å². The van der Waals surface area contributed by atoms with Crippen LogP contribution in [-0.2, 0) is 22.3 Å². The maximum atomic E-state index is 13.2. The molecule has 0 fully saturated rings. The summed E-state index contributed by atoms with van der Waals surface area (Å²) in [4.78, 5) is 21.1. The van der Waals surface area contributed by atoms with E-state index in [0.717, 1.165) is 28.3 Å². The third-order valence-corrected chi connectivity index (χ3v) is 4.37. The molecule has 28 heavy (non-hydrogen) atoms. The summed E-state index contributed by atoms with van der Waals surface area (Å²) in [7, 11) is 3.84. The highest BCUT2D eigenvalue weighted by atomic mass is 32.2. The summed E-state index contributed by atoms with van der Waals surface area (Å²) in [6.07, 6.45) is -4.42. The first-order valence-corrected chi connectivity index (χ1v) is 8.57. The molecule has 0 spiro atoms. The number of halogens is 3. The number of carboxylic acids is 2. The number of rotatable bonds is 4. The Morgan fingerprint density at radius 1 is 1.04 bits per heavy atom. The number of carboxylic acid groups (broad SMARTS) is 2. The Kier molecular flexibility index (Phi) is 8.33. The minimum atomic E-state index is -4.42. The first kappa shape index (κ1) is 23.3. The summed E-state index contributed by atoms with van der Waals surface area (Å²) in [6, 6.07) is 11.4. The minimum absolute atomic E-state index is 0.109. The Bertz CT molecular complexity index is 830. The van der Waals surface area contributed by atoms with Crippen molar-refractivity contribution in [2.45, 2.75) is 22.5 Å². The van der Waals surface area contributed by atoms with Crippen LogP contribution in [0, 0.1) is 0 Å². The van der Waals surface area contributed by atoms with Crippen LogP contribution in [0.15, 0.2) is 52.3 Å². The molecule has 4 N–H and O–H groups in total. The van der Waals surface area contributed by atoms with E-state index in [1.54, 1.807) is 0 Å². The molecule has 152 valence electrons. The van der Waals surface area contributed by atoms with Crippen molar-refractivity contribution in [3.63, 3.8) is 0 Å². The first-order valence-electron chi connectivity index (χ1n) is 7.75. The Labute approximate surface area is 163 Å². The Morgan fingerprint density at radius 2 is 1.61 bits per heavy atom. The minimum Gasteiger partial charge on any atom is -0.473 e. The second-order valence-electron chi connectivity index (χ2n) is 5.81. The van der Waals surface area contributed by atoms with Crippen LogP contribution in [0.2, 0.25) is 0 Å². The maximum Gasteiger partial charge on any atom is 0.417 e. The molecule has 0 aliphatic heterocycles. The summed E-state index contributed by atoms with van der Waals surface area (Å²) in [6.45, 7) is 0.666. The van der Waals surface area contributed by atoms with E-state index in [1.165, 1.54) is 12.1 Å². The molecule has 10 heteroatoms. The van der Waals surface area contributed by atoms with Gasteiger partial charge in [0.2, 0.25) is 0 Å². The fourth-order valence-electron chi connectivity index (χ4n) is 2.05. The summed E-state index contributed by atoms with van der Waals surface area (Å²) in [5.41, 5.74) is 5.90. The number of hydrogen-bond acceptors (Lipinski definition) is 5. The molecule has 6 nitrogen and oxygen atoms in total. The second kappa shape index (κ2) is 10.00. The van der Waals surface area contributed by atoms with E-state index in [0.29, 0.717) is 6.54 Å². The van der Waals surface area contributed by atoms with Crippen molar-refractivity contribution < 1.29 is 33.0 Å². The molecule has 0 radical (unpaired) electrons. The normalized spacial score (nSPS) is 10.9. The number of anilines is 1. The van der Waals surface area contributed by atoms with Gasteiger partial charge in [-0.2, -0.15) is 13.2 Å². The third kappa shape index (κ3) is 7.49. The quantitative estimate of drug-likeness (QED) is 0.516.